The Hall–Kier alpha value is -1.14. The van der Waals surface area contributed by atoms with Gasteiger partial charge in [0.25, 0.3) is 15.0 Å². The van der Waals surface area contributed by atoms with Crippen LogP contribution in [0.15, 0.2) is 23.1 Å². The summed E-state index contributed by atoms with van der Waals surface area (Å²) in [6, 6.07) is 2.77. The maximum absolute atomic E-state index is 13.8. The van der Waals surface area contributed by atoms with Crippen LogP contribution in [0.25, 0.3) is 0 Å². The van der Waals surface area contributed by atoms with Crippen LogP contribution >= 0.6 is 10.7 Å². The molecule has 20 heavy (non-hydrogen) atoms. The highest BCUT2D eigenvalue weighted by Crippen LogP contribution is 2.21. The molecule has 0 fully saturated rings. The highest BCUT2D eigenvalue weighted by molar-refractivity contribution is 8.13. The normalized spacial score (nSPS) is 13.9. The number of rotatable bonds is 3. The van der Waals surface area contributed by atoms with Gasteiger partial charge in [0, 0.05) is 16.7 Å². The third kappa shape index (κ3) is 4.18. The predicted octanol–water partition coefficient (Wildman–Crippen LogP) is 2.92. The molecule has 0 radical (unpaired) electrons. The van der Waals surface area contributed by atoms with E-state index in [1.165, 1.54) is 0 Å². The van der Waals surface area contributed by atoms with Crippen molar-refractivity contribution in [3.63, 3.8) is 0 Å². The van der Waals surface area contributed by atoms with E-state index in [4.69, 9.17) is 10.7 Å². The molecule has 0 heterocycles. The molecule has 0 aliphatic rings. The summed E-state index contributed by atoms with van der Waals surface area (Å²) in [6.45, 7) is 7.64. The van der Waals surface area contributed by atoms with Crippen LogP contribution in [0.4, 0.5) is 4.39 Å². The summed E-state index contributed by atoms with van der Waals surface area (Å²) >= 11 is 0. The molecule has 1 unspecified atom stereocenters. The lowest BCUT2D eigenvalue weighted by Crippen LogP contribution is -2.41. The molecule has 0 saturated carbocycles. The van der Waals surface area contributed by atoms with Crippen LogP contribution in [-0.4, -0.2) is 20.4 Å². The monoisotopic (exact) mass is 321 g/mol. The lowest BCUT2D eigenvalue weighted by molar-refractivity contribution is 0.0906. The van der Waals surface area contributed by atoms with Crippen molar-refractivity contribution in [2.75, 3.05) is 0 Å². The summed E-state index contributed by atoms with van der Waals surface area (Å²) in [6.07, 6.45) is 0. The molecule has 1 amide bonds. The summed E-state index contributed by atoms with van der Waals surface area (Å²) in [5.74, 6) is -1.52. The maximum atomic E-state index is 13.8. The molecule has 0 spiro atoms. The van der Waals surface area contributed by atoms with E-state index in [1.807, 2.05) is 27.7 Å². The van der Waals surface area contributed by atoms with Crippen LogP contribution in [0.3, 0.4) is 0 Å². The Morgan fingerprint density at radius 2 is 1.90 bits per heavy atom. The van der Waals surface area contributed by atoms with E-state index in [2.05, 4.69) is 5.32 Å². The third-order valence-electron chi connectivity index (χ3n) is 3.11. The second kappa shape index (κ2) is 5.69. The first-order valence-electron chi connectivity index (χ1n) is 5.98. The van der Waals surface area contributed by atoms with E-state index in [-0.39, 0.29) is 21.9 Å². The van der Waals surface area contributed by atoms with Gasteiger partial charge in [0.05, 0.1) is 10.5 Å². The van der Waals surface area contributed by atoms with Crippen LogP contribution in [-0.2, 0) is 9.05 Å². The van der Waals surface area contributed by atoms with Gasteiger partial charge >= 0.3 is 0 Å². The number of carbonyl (C=O) groups excluding carboxylic acids is 1. The summed E-state index contributed by atoms with van der Waals surface area (Å²) in [7, 11) is 1.10. The quantitative estimate of drug-likeness (QED) is 0.871. The topological polar surface area (TPSA) is 63.2 Å². The third-order valence-corrected chi connectivity index (χ3v) is 4.46. The zero-order valence-electron chi connectivity index (χ0n) is 11.7. The minimum atomic E-state index is -4.01. The average molecular weight is 322 g/mol. The Balaban J connectivity index is 3.02. The van der Waals surface area contributed by atoms with E-state index >= 15 is 0 Å². The van der Waals surface area contributed by atoms with Gasteiger partial charge in [-0.2, -0.15) is 0 Å². The van der Waals surface area contributed by atoms with Crippen molar-refractivity contribution in [1.29, 1.82) is 0 Å². The smallest absolute Gasteiger partial charge is 0.261 e. The summed E-state index contributed by atoms with van der Waals surface area (Å²) in [5.41, 5.74) is -0.392. The Morgan fingerprint density at radius 1 is 1.35 bits per heavy atom. The van der Waals surface area contributed by atoms with Crippen LogP contribution in [0, 0.1) is 11.2 Å². The van der Waals surface area contributed by atoms with E-state index in [1.54, 1.807) is 0 Å². The molecule has 0 aliphatic carbocycles. The highest BCUT2D eigenvalue weighted by atomic mass is 35.7. The van der Waals surface area contributed by atoms with Gasteiger partial charge in [0.2, 0.25) is 0 Å². The van der Waals surface area contributed by atoms with Gasteiger partial charge in [-0.1, -0.05) is 20.8 Å². The molecule has 112 valence electrons. The second-order valence-corrected chi connectivity index (χ2v) is 8.21. The molecular formula is C13H17ClFNO3S. The van der Waals surface area contributed by atoms with Crippen LogP contribution in [0.5, 0.6) is 0 Å². The Kier molecular flexibility index (Phi) is 4.82. The maximum Gasteiger partial charge on any atom is 0.261 e. The highest BCUT2D eigenvalue weighted by Gasteiger charge is 2.24. The van der Waals surface area contributed by atoms with Gasteiger partial charge in [-0.3, -0.25) is 4.79 Å². The fourth-order valence-corrected chi connectivity index (χ4v) is 2.09. The SMILES string of the molecule is CC(NC(=O)c1ccc(S(=O)(=O)Cl)cc1F)C(C)(C)C. The van der Waals surface area contributed by atoms with Crippen LogP contribution in [0.1, 0.15) is 38.1 Å². The first kappa shape index (κ1) is 16.9. The van der Waals surface area contributed by atoms with Crippen molar-refractivity contribution in [3.8, 4) is 0 Å². The molecule has 1 rings (SSSR count). The van der Waals surface area contributed by atoms with Gasteiger partial charge in [-0.25, -0.2) is 12.8 Å². The van der Waals surface area contributed by atoms with Crippen molar-refractivity contribution in [1.82, 2.24) is 5.32 Å². The number of hydrogen-bond donors (Lipinski definition) is 1. The van der Waals surface area contributed by atoms with Gasteiger partial charge in [0.15, 0.2) is 0 Å². The predicted molar refractivity (Wildman–Crippen MR) is 75.8 cm³/mol. The lowest BCUT2D eigenvalue weighted by Gasteiger charge is -2.28. The molecular weight excluding hydrogens is 305 g/mol. The number of hydrogen-bond acceptors (Lipinski definition) is 3. The number of nitrogens with one attached hydrogen (secondary N) is 1. The number of halogens is 2. The average Bonchev–Trinajstić information content (AvgIpc) is 2.25. The fourth-order valence-electron chi connectivity index (χ4n) is 1.32. The van der Waals surface area contributed by atoms with Gasteiger partial charge in [-0.05, 0) is 30.5 Å². The van der Waals surface area contributed by atoms with Crippen molar-refractivity contribution >= 4 is 25.6 Å². The van der Waals surface area contributed by atoms with E-state index in [9.17, 15) is 17.6 Å². The van der Waals surface area contributed by atoms with Gasteiger partial charge in [-0.15, -0.1) is 0 Å². The molecule has 1 N–H and O–H groups in total. The van der Waals surface area contributed by atoms with Gasteiger partial charge < -0.3 is 5.32 Å². The molecule has 1 aromatic rings. The Labute approximate surface area is 122 Å². The molecule has 0 aliphatic heterocycles. The summed E-state index contributed by atoms with van der Waals surface area (Å²) < 4.78 is 35.9. The van der Waals surface area contributed by atoms with Crippen molar-refractivity contribution in [2.45, 2.75) is 38.6 Å². The van der Waals surface area contributed by atoms with Crippen LogP contribution < -0.4 is 5.32 Å². The minimum absolute atomic E-state index is 0.175. The minimum Gasteiger partial charge on any atom is -0.349 e. The summed E-state index contributed by atoms with van der Waals surface area (Å²) in [4.78, 5) is 11.6. The van der Waals surface area contributed by atoms with Crippen LogP contribution in [0.2, 0.25) is 0 Å². The molecule has 0 aromatic heterocycles. The van der Waals surface area contributed by atoms with Crippen molar-refractivity contribution in [2.24, 2.45) is 5.41 Å². The molecule has 0 bridgehead atoms. The lowest BCUT2D eigenvalue weighted by atomic mass is 9.88. The summed E-state index contributed by atoms with van der Waals surface area (Å²) in [5, 5.41) is 2.67. The second-order valence-electron chi connectivity index (χ2n) is 5.64. The zero-order valence-corrected chi connectivity index (χ0v) is 13.3. The fraction of sp³-hybridized carbons (Fsp3) is 0.462. The van der Waals surface area contributed by atoms with Crippen molar-refractivity contribution in [3.05, 3.63) is 29.6 Å². The molecule has 7 heteroatoms. The zero-order chi connectivity index (χ0) is 15.7. The molecule has 1 atom stereocenters. The first-order valence-corrected chi connectivity index (χ1v) is 8.29. The Bertz CT molecular complexity index is 623. The van der Waals surface area contributed by atoms with E-state index in [0.717, 1.165) is 18.2 Å². The standard InChI is InChI=1S/C13H17ClFNO3S/c1-8(13(2,3)4)16-12(17)10-6-5-9(7-11(10)15)20(14,18)19/h5-8H,1-4H3,(H,16,17). The molecule has 4 nitrogen and oxygen atoms in total. The van der Waals surface area contributed by atoms with E-state index < -0.39 is 20.8 Å². The number of benzene rings is 1. The van der Waals surface area contributed by atoms with Gasteiger partial charge in [0.1, 0.15) is 5.82 Å². The van der Waals surface area contributed by atoms with E-state index in [0.29, 0.717) is 0 Å². The number of carbonyl (C=O) groups is 1. The Morgan fingerprint density at radius 3 is 2.30 bits per heavy atom. The first-order chi connectivity index (χ1) is 8.93. The molecule has 1 aromatic carbocycles. The largest absolute Gasteiger partial charge is 0.349 e. The molecule has 0 saturated heterocycles. The van der Waals surface area contributed by atoms with Crippen molar-refractivity contribution < 1.29 is 17.6 Å². The number of amides is 1.